The molecule has 7 nitrogen and oxygen atoms in total. The van der Waals surface area contributed by atoms with Crippen LogP contribution in [0.3, 0.4) is 0 Å². The molecule has 0 bridgehead atoms. The van der Waals surface area contributed by atoms with Gasteiger partial charge in [-0.3, -0.25) is 14.7 Å². The van der Waals surface area contributed by atoms with E-state index < -0.39 is 15.7 Å². The van der Waals surface area contributed by atoms with Gasteiger partial charge in [-0.25, -0.2) is 0 Å². The predicted molar refractivity (Wildman–Crippen MR) is 95.3 cm³/mol. The monoisotopic (exact) mass is 368 g/mol. The molecule has 0 N–H and O–H groups in total. The number of carbonyl (C=O) groups is 1. The lowest BCUT2D eigenvalue weighted by Crippen LogP contribution is -2.48. The fraction of sp³-hybridized carbons (Fsp3) is 0.882. The average molecular weight is 369 g/mol. The highest BCUT2D eigenvalue weighted by Gasteiger charge is 2.62. The van der Waals surface area contributed by atoms with Gasteiger partial charge in [-0.1, -0.05) is 6.92 Å². The molecule has 140 valence electrons. The molecule has 1 amide bonds. The standard InChI is InChI=1S/C17H28N4O3S/c1-4-15-18-17(16(22)21(15)9-12-5-6-12)8-7-13-10-20(11-14(13)17)25(23,24)19(2)3/h12-14H,4-11H2,1-3H3/t13-,14+,17-/m1/s1. The number of hydrogen-bond donors (Lipinski definition) is 0. The van der Waals surface area contributed by atoms with Gasteiger partial charge in [0.05, 0.1) is 0 Å². The number of amidine groups is 1. The van der Waals surface area contributed by atoms with Gasteiger partial charge in [0.25, 0.3) is 16.1 Å². The lowest BCUT2D eigenvalue weighted by molar-refractivity contribution is -0.132. The second-order valence-electron chi connectivity index (χ2n) is 8.18. The van der Waals surface area contributed by atoms with Crippen LogP contribution in [0.5, 0.6) is 0 Å². The maximum atomic E-state index is 13.3. The highest BCUT2D eigenvalue weighted by molar-refractivity contribution is 7.86. The molecule has 3 atom stereocenters. The molecule has 1 saturated heterocycles. The Balaban J connectivity index is 1.61. The number of hydrogen-bond acceptors (Lipinski definition) is 4. The SMILES string of the molecule is CCC1=N[C@@]2(CC[C@@H]3CN(S(=O)(=O)N(C)C)C[C@@H]32)C(=O)N1CC1CC1. The van der Waals surface area contributed by atoms with Gasteiger partial charge in [0.2, 0.25) is 0 Å². The van der Waals surface area contributed by atoms with Crippen molar-refractivity contribution in [2.24, 2.45) is 22.7 Å². The van der Waals surface area contributed by atoms with Crippen molar-refractivity contribution in [1.82, 2.24) is 13.5 Å². The van der Waals surface area contributed by atoms with Crippen molar-refractivity contribution in [1.29, 1.82) is 0 Å². The van der Waals surface area contributed by atoms with Crippen LogP contribution in [0.1, 0.15) is 39.0 Å². The molecule has 2 heterocycles. The van der Waals surface area contributed by atoms with Crippen molar-refractivity contribution in [2.75, 3.05) is 33.7 Å². The highest BCUT2D eigenvalue weighted by atomic mass is 32.2. The van der Waals surface area contributed by atoms with Crippen molar-refractivity contribution < 1.29 is 13.2 Å². The summed E-state index contributed by atoms with van der Waals surface area (Å²) in [4.78, 5) is 20.2. The minimum atomic E-state index is -3.43. The topological polar surface area (TPSA) is 73.3 Å². The van der Waals surface area contributed by atoms with E-state index in [1.165, 1.54) is 17.1 Å². The first-order chi connectivity index (χ1) is 11.8. The molecule has 4 aliphatic rings. The molecule has 0 aromatic carbocycles. The zero-order chi connectivity index (χ0) is 18.0. The number of aliphatic imine (C=N–C) groups is 1. The van der Waals surface area contributed by atoms with E-state index in [1.54, 1.807) is 18.4 Å². The number of nitrogens with zero attached hydrogens (tertiary/aromatic N) is 4. The Morgan fingerprint density at radius 1 is 1.24 bits per heavy atom. The minimum Gasteiger partial charge on any atom is -0.298 e. The van der Waals surface area contributed by atoms with Crippen LogP contribution in [0.4, 0.5) is 0 Å². The van der Waals surface area contributed by atoms with Gasteiger partial charge < -0.3 is 0 Å². The van der Waals surface area contributed by atoms with E-state index >= 15 is 0 Å². The van der Waals surface area contributed by atoms with Crippen LogP contribution in [-0.4, -0.2) is 72.9 Å². The summed E-state index contributed by atoms with van der Waals surface area (Å²) in [5, 5.41) is 0. The first-order valence-electron chi connectivity index (χ1n) is 9.38. The summed E-state index contributed by atoms with van der Waals surface area (Å²) in [5.41, 5.74) is -0.707. The number of carbonyl (C=O) groups excluding carboxylic acids is 1. The fourth-order valence-corrected chi connectivity index (χ4v) is 5.98. The van der Waals surface area contributed by atoms with Gasteiger partial charge >= 0.3 is 0 Å². The number of amides is 1. The molecule has 25 heavy (non-hydrogen) atoms. The van der Waals surface area contributed by atoms with Crippen molar-refractivity contribution in [3.8, 4) is 0 Å². The molecule has 3 fully saturated rings. The van der Waals surface area contributed by atoms with E-state index in [9.17, 15) is 13.2 Å². The van der Waals surface area contributed by atoms with E-state index in [0.717, 1.165) is 31.6 Å². The molecule has 8 heteroatoms. The molecule has 2 saturated carbocycles. The van der Waals surface area contributed by atoms with Gasteiger partial charge in [-0.15, -0.1) is 0 Å². The number of fused-ring (bicyclic) bond motifs is 2. The first-order valence-corrected chi connectivity index (χ1v) is 10.8. The van der Waals surface area contributed by atoms with Crippen LogP contribution < -0.4 is 0 Å². The Labute approximate surface area is 150 Å². The Morgan fingerprint density at radius 2 is 1.96 bits per heavy atom. The normalized spacial score (nSPS) is 35.9. The lowest BCUT2D eigenvalue weighted by Gasteiger charge is -2.28. The molecule has 4 rings (SSSR count). The van der Waals surface area contributed by atoms with Crippen LogP contribution >= 0.6 is 0 Å². The smallest absolute Gasteiger partial charge is 0.281 e. The molecular formula is C17H28N4O3S. The maximum Gasteiger partial charge on any atom is 0.281 e. The van der Waals surface area contributed by atoms with Crippen LogP contribution in [0.15, 0.2) is 4.99 Å². The van der Waals surface area contributed by atoms with E-state index in [2.05, 4.69) is 6.92 Å². The summed E-state index contributed by atoms with van der Waals surface area (Å²) in [6.45, 7) is 3.77. The second-order valence-corrected chi connectivity index (χ2v) is 10.3. The molecule has 0 aromatic heterocycles. The Kier molecular flexibility index (Phi) is 4.01. The zero-order valence-corrected chi connectivity index (χ0v) is 16.1. The van der Waals surface area contributed by atoms with E-state index in [4.69, 9.17) is 4.99 Å². The summed E-state index contributed by atoms with van der Waals surface area (Å²) in [6.07, 6.45) is 4.82. The van der Waals surface area contributed by atoms with Gasteiger partial charge in [0, 0.05) is 46.1 Å². The quantitative estimate of drug-likeness (QED) is 0.725. The molecule has 0 radical (unpaired) electrons. The van der Waals surface area contributed by atoms with Crippen LogP contribution in [-0.2, 0) is 15.0 Å². The fourth-order valence-electron chi connectivity index (χ4n) is 4.79. The van der Waals surface area contributed by atoms with Crippen LogP contribution in [0.25, 0.3) is 0 Å². The van der Waals surface area contributed by atoms with Gasteiger partial charge in [0.15, 0.2) is 0 Å². The summed E-state index contributed by atoms with van der Waals surface area (Å²) < 4.78 is 27.8. The van der Waals surface area contributed by atoms with Crippen molar-refractivity contribution in [3.05, 3.63) is 0 Å². The third-order valence-electron chi connectivity index (χ3n) is 6.41. The van der Waals surface area contributed by atoms with Gasteiger partial charge in [0.1, 0.15) is 11.4 Å². The average Bonchev–Trinajstić information content (AvgIpc) is 3.07. The maximum absolute atomic E-state index is 13.3. The van der Waals surface area contributed by atoms with Crippen molar-refractivity contribution in [2.45, 2.75) is 44.6 Å². The van der Waals surface area contributed by atoms with Gasteiger partial charge in [-0.2, -0.15) is 17.0 Å². The van der Waals surface area contributed by atoms with Crippen LogP contribution in [0, 0.1) is 17.8 Å². The van der Waals surface area contributed by atoms with E-state index in [1.807, 2.05) is 4.90 Å². The Morgan fingerprint density at radius 3 is 2.56 bits per heavy atom. The summed E-state index contributed by atoms with van der Waals surface area (Å²) in [5.74, 6) is 1.92. The first kappa shape index (κ1) is 17.4. The van der Waals surface area contributed by atoms with Crippen LogP contribution in [0.2, 0.25) is 0 Å². The molecule has 2 aliphatic heterocycles. The van der Waals surface area contributed by atoms with E-state index in [-0.39, 0.29) is 17.7 Å². The summed E-state index contributed by atoms with van der Waals surface area (Å²) in [7, 11) is -0.310. The van der Waals surface area contributed by atoms with Crippen molar-refractivity contribution >= 4 is 22.0 Å². The second kappa shape index (κ2) is 5.76. The summed E-state index contributed by atoms with van der Waals surface area (Å²) >= 11 is 0. The third kappa shape index (κ3) is 2.56. The molecular weight excluding hydrogens is 340 g/mol. The largest absolute Gasteiger partial charge is 0.298 e. The third-order valence-corrected chi connectivity index (χ3v) is 8.29. The van der Waals surface area contributed by atoms with Gasteiger partial charge in [-0.05, 0) is 37.5 Å². The zero-order valence-electron chi connectivity index (χ0n) is 15.3. The predicted octanol–water partition coefficient (Wildman–Crippen LogP) is 0.934. The molecule has 1 spiro atoms. The van der Waals surface area contributed by atoms with E-state index in [0.29, 0.717) is 19.0 Å². The molecule has 2 aliphatic carbocycles. The Hall–Kier alpha value is -0.990. The summed E-state index contributed by atoms with van der Waals surface area (Å²) in [6, 6.07) is 0. The lowest BCUT2D eigenvalue weighted by atomic mass is 9.85. The molecule has 0 unspecified atom stereocenters. The Bertz CT molecular complexity index is 715. The minimum absolute atomic E-state index is 0.0143. The number of rotatable bonds is 5. The molecule has 0 aromatic rings. The highest BCUT2D eigenvalue weighted by Crippen LogP contribution is 2.51. The van der Waals surface area contributed by atoms with Crippen molar-refractivity contribution in [3.63, 3.8) is 0 Å².